The maximum Gasteiger partial charge on any atom is 0.229 e. The van der Waals surface area contributed by atoms with Gasteiger partial charge in [0.1, 0.15) is 5.82 Å². The molecule has 0 radical (unpaired) electrons. The summed E-state index contributed by atoms with van der Waals surface area (Å²) in [5, 5.41) is 15.4. The van der Waals surface area contributed by atoms with E-state index in [0.29, 0.717) is 27.5 Å². The average molecular weight is 466 g/mol. The van der Waals surface area contributed by atoms with Gasteiger partial charge in [0, 0.05) is 58.5 Å². The van der Waals surface area contributed by atoms with Gasteiger partial charge in [-0.15, -0.1) is 0 Å². The van der Waals surface area contributed by atoms with E-state index in [2.05, 4.69) is 44.2 Å². The topological polar surface area (TPSA) is 79.7 Å². The van der Waals surface area contributed by atoms with Gasteiger partial charge >= 0.3 is 0 Å². The molecular formula is C23H21Cl2N7. The summed E-state index contributed by atoms with van der Waals surface area (Å²) in [6, 6.07) is 11.7. The number of benzene rings is 2. The van der Waals surface area contributed by atoms with Gasteiger partial charge < -0.3 is 16.0 Å². The Labute approximate surface area is 195 Å². The number of hydrogen-bond acceptors (Lipinski definition) is 6. The van der Waals surface area contributed by atoms with Crippen molar-refractivity contribution < 1.29 is 0 Å². The van der Waals surface area contributed by atoms with Crippen molar-refractivity contribution in [2.24, 2.45) is 7.05 Å². The first-order chi connectivity index (χ1) is 15.5. The van der Waals surface area contributed by atoms with Crippen molar-refractivity contribution in [3.63, 3.8) is 0 Å². The Morgan fingerprint density at radius 2 is 1.81 bits per heavy atom. The first-order valence-corrected chi connectivity index (χ1v) is 11.0. The van der Waals surface area contributed by atoms with E-state index in [1.165, 1.54) is 11.1 Å². The number of nitrogens with zero attached hydrogens (tertiary/aromatic N) is 4. The lowest BCUT2D eigenvalue weighted by Crippen LogP contribution is -2.23. The number of aromatic nitrogens is 4. The molecule has 1 aliphatic rings. The van der Waals surface area contributed by atoms with Crippen LogP contribution in [-0.2, 0) is 20.0 Å². The second kappa shape index (κ2) is 8.78. The summed E-state index contributed by atoms with van der Waals surface area (Å²) in [6.07, 6.45) is 6.55. The molecule has 0 saturated heterocycles. The molecule has 0 aliphatic carbocycles. The zero-order valence-electron chi connectivity index (χ0n) is 17.4. The third kappa shape index (κ3) is 4.55. The van der Waals surface area contributed by atoms with E-state index in [-0.39, 0.29) is 0 Å². The fourth-order valence-corrected chi connectivity index (χ4v) is 4.29. The molecule has 7 nitrogen and oxygen atoms in total. The molecular weight excluding hydrogens is 445 g/mol. The largest absolute Gasteiger partial charge is 0.340 e. The molecule has 1 aliphatic heterocycles. The van der Waals surface area contributed by atoms with Crippen molar-refractivity contribution in [1.82, 2.24) is 25.1 Å². The SMILES string of the molecule is Cn1cc(-c2cnc(Nc3cc(Cl)cc(Cl)c3)nc2Nc2ccc3c(c2)CNCC3)cn1. The van der Waals surface area contributed by atoms with E-state index in [9.17, 15) is 0 Å². The van der Waals surface area contributed by atoms with E-state index >= 15 is 0 Å². The Kier molecular flexibility index (Phi) is 5.70. The van der Waals surface area contributed by atoms with Gasteiger partial charge in [-0.25, -0.2) is 4.98 Å². The van der Waals surface area contributed by atoms with Crippen molar-refractivity contribution in [3.05, 3.63) is 76.2 Å². The minimum Gasteiger partial charge on any atom is -0.340 e. The lowest BCUT2D eigenvalue weighted by atomic mass is 10.0. The monoisotopic (exact) mass is 465 g/mol. The van der Waals surface area contributed by atoms with E-state index in [0.717, 1.165) is 36.3 Å². The van der Waals surface area contributed by atoms with Crippen LogP contribution in [0.15, 0.2) is 55.0 Å². The van der Waals surface area contributed by atoms with Crippen molar-refractivity contribution >= 4 is 46.3 Å². The first-order valence-electron chi connectivity index (χ1n) is 10.2. The van der Waals surface area contributed by atoms with Gasteiger partial charge in [0.15, 0.2) is 0 Å². The van der Waals surface area contributed by atoms with Crippen LogP contribution in [0.3, 0.4) is 0 Å². The number of rotatable bonds is 5. The molecule has 0 bridgehead atoms. The van der Waals surface area contributed by atoms with Crippen molar-refractivity contribution in [2.45, 2.75) is 13.0 Å². The van der Waals surface area contributed by atoms with Crippen LogP contribution in [0.4, 0.5) is 23.1 Å². The highest BCUT2D eigenvalue weighted by Gasteiger charge is 2.14. The summed E-state index contributed by atoms with van der Waals surface area (Å²) in [6.45, 7) is 1.88. The summed E-state index contributed by atoms with van der Waals surface area (Å²) >= 11 is 12.3. The number of nitrogens with one attached hydrogen (secondary N) is 3. The van der Waals surface area contributed by atoms with Gasteiger partial charge in [-0.05, 0) is 54.4 Å². The van der Waals surface area contributed by atoms with Crippen molar-refractivity contribution in [2.75, 3.05) is 17.2 Å². The lowest BCUT2D eigenvalue weighted by molar-refractivity contribution is 0.644. The van der Waals surface area contributed by atoms with Crippen LogP contribution in [0.5, 0.6) is 0 Å². The van der Waals surface area contributed by atoms with E-state index in [1.807, 2.05) is 13.2 Å². The molecule has 32 heavy (non-hydrogen) atoms. The maximum atomic E-state index is 6.13. The lowest BCUT2D eigenvalue weighted by Gasteiger charge is -2.19. The van der Waals surface area contributed by atoms with Gasteiger partial charge in [0.25, 0.3) is 0 Å². The van der Waals surface area contributed by atoms with Crippen LogP contribution in [0.25, 0.3) is 11.1 Å². The van der Waals surface area contributed by atoms with E-state index in [1.54, 1.807) is 35.3 Å². The molecule has 5 rings (SSSR count). The molecule has 0 unspecified atom stereocenters. The number of aryl methyl sites for hydroxylation is 1. The van der Waals surface area contributed by atoms with E-state index < -0.39 is 0 Å². The summed E-state index contributed by atoms with van der Waals surface area (Å²) in [5.74, 6) is 1.10. The van der Waals surface area contributed by atoms with Crippen LogP contribution in [0, 0.1) is 0 Å². The van der Waals surface area contributed by atoms with Crippen molar-refractivity contribution in [1.29, 1.82) is 0 Å². The number of anilines is 4. The molecule has 0 atom stereocenters. The number of fused-ring (bicyclic) bond motifs is 1. The maximum absolute atomic E-state index is 6.13. The highest BCUT2D eigenvalue weighted by atomic mass is 35.5. The Bertz CT molecular complexity index is 1270. The quantitative estimate of drug-likeness (QED) is 0.370. The Hall–Kier alpha value is -3.13. The van der Waals surface area contributed by atoms with Crippen LogP contribution >= 0.6 is 23.2 Å². The van der Waals surface area contributed by atoms with Gasteiger partial charge in [0.2, 0.25) is 5.95 Å². The van der Waals surface area contributed by atoms with Crippen LogP contribution in [-0.4, -0.2) is 26.3 Å². The normalized spacial score (nSPS) is 13.0. The number of halogens is 2. The third-order valence-electron chi connectivity index (χ3n) is 5.28. The molecule has 2 aromatic heterocycles. The van der Waals surface area contributed by atoms with Gasteiger partial charge in [-0.1, -0.05) is 29.3 Å². The van der Waals surface area contributed by atoms with Gasteiger partial charge in [0.05, 0.1) is 6.20 Å². The molecule has 0 amide bonds. The molecule has 162 valence electrons. The Morgan fingerprint density at radius 3 is 2.59 bits per heavy atom. The predicted molar refractivity (Wildman–Crippen MR) is 129 cm³/mol. The Morgan fingerprint density at radius 1 is 0.969 bits per heavy atom. The highest BCUT2D eigenvalue weighted by molar-refractivity contribution is 6.35. The predicted octanol–water partition coefficient (Wildman–Crippen LogP) is 5.32. The fourth-order valence-electron chi connectivity index (χ4n) is 3.76. The van der Waals surface area contributed by atoms with Crippen LogP contribution in [0.1, 0.15) is 11.1 Å². The standard InChI is InChI=1S/C23H21Cl2N7/c1-32-13-16(11-28-32)21-12-27-23(30-20-8-17(24)7-18(25)9-20)31-22(21)29-19-3-2-14-4-5-26-10-15(14)6-19/h2-3,6-9,11-13,26H,4-5,10H2,1H3,(H2,27,29,30,31). The average Bonchev–Trinajstić information content (AvgIpc) is 3.19. The molecule has 4 aromatic rings. The third-order valence-corrected chi connectivity index (χ3v) is 5.72. The molecule has 3 N–H and O–H groups in total. The minimum atomic E-state index is 0.429. The molecule has 3 heterocycles. The van der Waals surface area contributed by atoms with Gasteiger partial charge in [-0.3, -0.25) is 4.68 Å². The summed E-state index contributed by atoms with van der Waals surface area (Å²) in [4.78, 5) is 9.24. The van der Waals surface area contributed by atoms with Crippen molar-refractivity contribution in [3.8, 4) is 11.1 Å². The zero-order valence-corrected chi connectivity index (χ0v) is 18.9. The second-order valence-electron chi connectivity index (χ2n) is 7.68. The van der Waals surface area contributed by atoms with Gasteiger partial charge in [-0.2, -0.15) is 10.1 Å². The smallest absolute Gasteiger partial charge is 0.229 e. The summed E-state index contributed by atoms with van der Waals surface area (Å²) in [7, 11) is 1.88. The molecule has 0 fully saturated rings. The highest BCUT2D eigenvalue weighted by Crippen LogP contribution is 2.31. The molecule has 2 aromatic carbocycles. The molecule has 0 spiro atoms. The zero-order chi connectivity index (χ0) is 22.1. The van der Waals surface area contributed by atoms with E-state index in [4.69, 9.17) is 28.2 Å². The number of hydrogen-bond donors (Lipinski definition) is 3. The molecule has 0 saturated carbocycles. The molecule has 9 heteroatoms. The first kappa shape index (κ1) is 20.8. The second-order valence-corrected chi connectivity index (χ2v) is 8.55. The summed E-state index contributed by atoms with van der Waals surface area (Å²) < 4.78 is 1.75. The van der Waals surface area contributed by atoms with Crippen LogP contribution < -0.4 is 16.0 Å². The summed E-state index contributed by atoms with van der Waals surface area (Å²) in [5.41, 5.74) is 6.13. The minimum absolute atomic E-state index is 0.429. The Balaban J connectivity index is 1.51. The fraction of sp³-hybridized carbons (Fsp3) is 0.174. The van der Waals surface area contributed by atoms with Crippen LogP contribution in [0.2, 0.25) is 10.0 Å².